The summed E-state index contributed by atoms with van der Waals surface area (Å²) >= 11 is 0. The van der Waals surface area contributed by atoms with Crippen LogP contribution in [-0.4, -0.2) is 17.3 Å². The summed E-state index contributed by atoms with van der Waals surface area (Å²) in [7, 11) is 0. The first-order chi connectivity index (χ1) is 5.57. The van der Waals surface area contributed by atoms with Crippen LogP contribution in [0.1, 0.15) is 46.5 Å². The molecule has 0 rings (SSSR count). The molecule has 0 aliphatic heterocycles. The maximum Gasteiger partial charge on any atom is 0.0691 e. The molecule has 0 radical (unpaired) electrons. The third-order valence-electron chi connectivity index (χ3n) is 2.16. The van der Waals surface area contributed by atoms with Crippen LogP contribution < -0.4 is 5.73 Å². The van der Waals surface area contributed by atoms with Crippen LogP contribution in [0.3, 0.4) is 0 Å². The highest BCUT2D eigenvalue weighted by atomic mass is 16.3. The van der Waals surface area contributed by atoms with Gasteiger partial charge in [0.2, 0.25) is 0 Å². The van der Waals surface area contributed by atoms with E-state index in [0.717, 1.165) is 25.7 Å². The molecule has 2 nitrogen and oxygen atoms in total. The van der Waals surface area contributed by atoms with Crippen LogP contribution in [0.2, 0.25) is 0 Å². The normalized spacial score (nSPS) is 16.5. The lowest BCUT2D eigenvalue weighted by molar-refractivity contribution is 0.127. The number of hydrogen-bond acceptors (Lipinski definition) is 2. The highest BCUT2D eigenvalue weighted by Crippen LogP contribution is 2.10. The number of rotatable bonds is 6. The van der Waals surface area contributed by atoms with Gasteiger partial charge in [-0.3, -0.25) is 0 Å². The van der Waals surface area contributed by atoms with Crippen molar-refractivity contribution in [1.82, 2.24) is 0 Å². The van der Waals surface area contributed by atoms with Gasteiger partial charge in [-0.05, 0) is 25.2 Å². The van der Waals surface area contributed by atoms with Gasteiger partial charge in [-0.2, -0.15) is 0 Å². The quantitative estimate of drug-likeness (QED) is 0.644. The molecule has 2 atom stereocenters. The Morgan fingerprint density at radius 2 is 1.75 bits per heavy atom. The van der Waals surface area contributed by atoms with E-state index in [1.165, 1.54) is 0 Å². The minimum Gasteiger partial charge on any atom is -0.392 e. The molecule has 0 heterocycles. The second kappa shape index (κ2) is 6.44. The van der Waals surface area contributed by atoms with Crippen LogP contribution in [0, 0.1) is 5.92 Å². The van der Waals surface area contributed by atoms with E-state index in [4.69, 9.17) is 5.73 Å². The van der Waals surface area contributed by atoms with Crippen molar-refractivity contribution in [1.29, 1.82) is 0 Å². The predicted molar refractivity (Wildman–Crippen MR) is 53.0 cm³/mol. The Labute approximate surface area is 76.2 Å². The molecule has 0 aliphatic carbocycles. The Morgan fingerprint density at radius 3 is 2.17 bits per heavy atom. The van der Waals surface area contributed by atoms with Gasteiger partial charge in [-0.1, -0.05) is 27.2 Å². The molecule has 0 unspecified atom stereocenters. The van der Waals surface area contributed by atoms with Crippen LogP contribution in [0.15, 0.2) is 0 Å². The van der Waals surface area contributed by atoms with Crippen LogP contribution in [0.25, 0.3) is 0 Å². The van der Waals surface area contributed by atoms with E-state index in [2.05, 4.69) is 20.8 Å². The molecule has 0 fully saturated rings. The average Bonchev–Trinajstić information content (AvgIpc) is 2.00. The smallest absolute Gasteiger partial charge is 0.0691 e. The fraction of sp³-hybridized carbons (Fsp3) is 1.00. The molecule has 12 heavy (non-hydrogen) atoms. The van der Waals surface area contributed by atoms with Crippen molar-refractivity contribution in [3.05, 3.63) is 0 Å². The van der Waals surface area contributed by atoms with Crippen LogP contribution in [0.4, 0.5) is 0 Å². The average molecular weight is 173 g/mol. The SMILES string of the molecule is CCC[C@@H](O)[C@@H](N)CCC(C)C. The minimum absolute atomic E-state index is 0.0210. The van der Waals surface area contributed by atoms with Gasteiger partial charge < -0.3 is 10.8 Å². The summed E-state index contributed by atoms with van der Waals surface area (Å²) < 4.78 is 0. The van der Waals surface area contributed by atoms with Crippen LogP contribution in [0.5, 0.6) is 0 Å². The summed E-state index contributed by atoms with van der Waals surface area (Å²) in [4.78, 5) is 0. The standard InChI is InChI=1S/C10H23NO/c1-4-5-10(12)9(11)7-6-8(2)3/h8-10,12H,4-7,11H2,1-3H3/t9-,10+/m0/s1. The second-order valence-corrected chi connectivity index (χ2v) is 3.99. The Balaban J connectivity index is 3.49. The van der Waals surface area contributed by atoms with Gasteiger partial charge in [0.1, 0.15) is 0 Å². The zero-order chi connectivity index (χ0) is 9.56. The van der Waals surface area contributed by atoms with Gasteiger partial charge in [-0.25, -0.2) is 0 Å². The van der Waals surface area contributed by atoms with Gasteiger partial charge in [0.25, 0.3) is 0 Å². The van der Waals surface area contributed by atoms with Crippen molar-refractivity contribution in [2.75, 3.05) is 0 Å². The van der Waals surface area contributed by atoms with Crippen LogP contribution >= 0.6 is 0 Å². The Hall–Kier alpha value is -0.0800. The van der Waals surface area contributed by atoms with Crippen molar-refractivity contribution in [3.63, 3.8) is 0 Å². The van der Waals surface area contributed by atoms with Crippen molar-refractivity contribution >= 4 is 0 Å². The molecule has 0 aromatic rings. The summed E-state index contributed by atoms with van der Waals surface area (Å²) in [6.07, 6.45) is 3.60. The van der Waals surface area contributed by atoms with E-state index in [9.17, 15) is 5.11 Å². The second-order valence-electron chi connectivity index (χ2n) is 3.99. The zero-order valence-electron chi connectivity index (χ0n) is 8.59. The van der Waals surface area contributed by atoms with Crippen LogP contribution in [-0.2, 0) is 0 Å². The first-order valence-electron chi connectivity index (χ1n) is 5.01. The lowest BCUT2D eigenvalue weighted by atomic mass is 9.98. The van der Waals surface area contributed by atoms with E-state index in [-0.39, 0.29) is 12.1 Å². The van der Waals surface area contributed by atoms with E-state index in [1.807, 2.05) is 0 Å². The number of aliphatic hydroxyl groups is 1. The number of hydrogen-bond donors (Lipinski definition) is 2. The van der Waals surface area contributed by atoms with E-state index in [0.29, 0.717) is 5.92 Å². The van der Waals surface area contributed by atoms with Gasteiger partial charge in [0, 0.05) is 6.04 Å². The maximum absolute atomic E-state index is 9.51. The van der Waals surface area contributed by atoms with Crippen molar-refractivity contribution in [3.8, 4) is 0 Å². The zero-order valence-corrected chi connectivity index (χ0v) is 8.59. The topological polar surface area (TPSA) is 46.2 Å². The Morgan fingerprint density at radius 1 is 1.17 bits per heavy atom. The molecule has 0 bridgehead atoms. The molecule has 0 saturated carbocycles. The summed E-state index contributed by atoms with van der Waals surface area (Å²) in [5.41, 5.74) is 5.80. The first kappa shape index (κ1) is 11.9. The van der Waals surface area contributed by atoms with E-state index < -0.39 is 0 Å². The van der Waals surface area contributed by atoms with Gasteiger partial charge in [0.15, 0.2) is 0 Å². The van der Waals surface area contributed by atoms with Gasteiger partial charge in [0.05, 0.1) is 6.10 Å². The third kappa shape index (κ3) is 5.56. The molecular formula is C10H23NO. The molecule has 0 amide bonds. The fourth-order valence-electron chi connectivity index (χ4n) is 1.23. The first-order valence-corrected chi connectivity index (χ1v) is 5.01. The maximum atomic E-state index is 9.51. The molecule has 3 N–H and O–H groups in total. The highest BCUT2D eigenvalue weighted by Gasteiger charge is 2.13. The predicted octanol–water partition coefficient (Wildman–Crippen LogP) is 1.91. The lowest BCUT2D eigenvalue weighted by Gasteiger charge is -2.18. The van der Waals surface area contributed by atoms with Crippen molar-refractivity contribution in [2.24, 2.45) is 11.7 Å². The van der Waals surface area contributed by atoms with E-state index >= 15 is 0 Å². The highest BCUT2D eigenvalue weighted by molar-refractivity contribution is 4.71. The molecule has 0 aliphatic rings. The molecule has 2 heteroatoms. The summed E-state index contributed by atoms with van der Waals surface area (Å²) in [5.74, 6) is 0.685. The third-order valence-corrected chi connectivity index (χ3v) is 2.16. The molecule has 0 aromatic carbocycles. The number of aliphatic hydroxyl groups excluding tert-OH is 1. The fourth-order valence-corrected chi connectivity index (χ4v) is 1.23. The monoisotopic (exact) mass is 173 g/mol. The van der Waals surface area contributed by atoms with Gasteiger partial charge >= 0.3 is 0 Å². The molecule has 0 spiro atoms. The summed E-state index contributed by atoms with van der Waals surface area (Å²) in [6, 6.07) is -0.0210. The lowest BCUT2D eigenvalue weighted by Crippen LogP contribution is -2.34. The van der Waals surface area contributed by atoms with Gasteiger partial charge in [-0.15, -0.1) is 0 Å². The Bertz CT molecular complexity index is 104. The van der Waals surface area contributed by atoms with E-state index in [1.54, 1.807) is 0 Å². The molecule has 74 valence electrons. The van der Waals surface area contributed by atoms with Crippen molar-refractivity contribution in [2.45, 2.75) is 58.6 Å². The molecule has 0 saturated heterocycles. The minimum atomic E-state index is -0.297. The number of nitrogens with two attached hydrogens (primary N) is 1. The summed E-state index contributed by atoms with van der Waals surface area (Å²) in [5, 5.41) is 9.51. The molecule has 0 aromatic heterocycles. The van der Waals surface area contributed by atoms with Crippen molar-refractivity contribution < 1.29 is 5.11 Å². The Kier molecular flexibility index (Phi) is 6.39. The summed E-state index contributed by atoms with van der Waals surface area (Å²) in [6.45, 7) is 6.43. The molecular weight excluding hydrogens is 150 g/mol. The largest absolute Gasteiger partial charge is 0.392 e.